The standard InChI is InChI=1S/C12H18N10O4/c23-10(5-8-15-19-20-16-8)13-4-2-1-3-7(12(25)26)14-11(24)6-9-17-21-22-18-9/h7H,1-6H2,(H,13,23)(H,14,24)(H,25,26)(H,15,16,19,20)(H,17,18,21,22). The van der Waals surface area contributed by atoms with Gasteiger partial charge in [-0.3, -0.25) is 9.59 Å². The Morgan fingerprint density at radius 3 is 2.12 bits per heavy atom. The summed E-state index contributed by atoms with van der Waals surface area (Å²) in [5, 5.41) is 39.7. The third kappa shape index (κ3) is 6.58. The van der Waals surface area contributed by atoms with Crippen molar-refractivity contribution >= 4 is 17.8 Å². The number of carboxylic acid groups (broad SMARTS) is 1. The second-order valence-corrected chi connectivity index (χ2v) is 5.35. The van der Waals surface area contributed by atoms with E-state index in [1.807, 2.05) is 0 Å². The van der Waals surface area contributed by atoms with Crippen LogP contribution in [0.15, 0.2) is 0 Å². The number of tetrazole rings is 2. The van der Waals surface area contributed by atoms with Crippen molar-refractivity contribution in [2.75, 3.05) is 6.54 Å². The van der Waals surface area contributed by atoms with Gasteiger partial charge >= 0.3 is 5.97 Å². The zero-order valence-corrected chi connectivity index (χ0v) is 13.7. The van der Waals surface area contributed by atoms with E-state index in [4.69, 9.17) is 0 Å². The molecule has 0 fully saturated rings. The van der Waals surface area contributed by atoms with Gasteiger partial charge < -0.3 is 15.7 Å². The highest BCUT2D eigenvalue weighted by Gasteiger charge is 2.20. The number of aliphatic carboxylic acids is 1. The number of carbonyl (C=O) groups is 3. The van der Waals surface area contributed by atoms with Crippen molar-refractivity contribution < 1.29 is 19.5 Å². The molecule has 2 rings (SSSR count). The lowest BCUT2D eigenvalue weighted by atomic mass is 10.1. The summed E-state index contributed by atoms with van der Waals surface area (Å²) in [6.07, 6.45) is 1.20. The number of amides is 2. The number of nitrogens with one attached hydrogen (secondary N) is 4. The summed E-state index contributed by atoms with van der Waals surface area (Å²) in [5.74, 6) is -1.26. The molecule has 0 saturated heterocycles. The van der Waals surface area contributed by atoms with Crippen LogP contribution in [0.5, 0.6) is 0 Å². The molecule has 0 bridgehead atoms. The van der Waals surface area contributed by atoms with Crippen molar-refractivity contribution in [3.8, 4) is 0 Å². The maximum absolute atomic E-state index is 11.8. The first-order valence-corrected chi connectivity index (χ1v) is 7.78. The van der Waals surface area contributed by atoms with E-state index >= 15 is 0 Å². The van der Waals surface area contributed by atoms with Gasteiger partial charge in [0.05, 0.1) is 12.8 Å². The Morgan fingerprint density at radius 1 is 0.962 bits per heavy atom. The van der Waals surface area contributed by atoms with Crippen molar-refractivity contribution in [1.82, 2.24) is 51.9 Å². The van der Waals surface area contributed by atoms with Crippen LogP contribution in [-0.4, -0.2) is 76.7 Å². The monoisotopic (exact) mass is 366 g/mol. The molecule has 14 heteroatoms. The Kier molecular flexibility index (Phi) is 7.08. The molecule has 1 unspecified atom stereocenters. The average molecular weight is 366 g/mol. The van der Waals surface area contributed by atoms with Gasteiger partial charge in [0, 0.05) is 6.54 Å². The lowest BCUT2D eigenvalue weighted by Gasteiger charge is -2.14. The van der Waals surface area contributed by atoms with Crippen LogP contribution in [0.2, 0.25) is 0 Å². The summed E-state index contributed by atoms with van der Waals surface area (Å²) in [4.78, 5) is 34.6. The Bertz CT molecular complexity index is 702. The molecule has 0 saturated carbocycles. The smallest absolute Gasteiger partial charge is 0.326 e. The van der Waals surface area contributed by atoms with Crippen molar-refractivity contribution in [3.63, 3.8) is 0 Å². The maximum Gasteiger partial charge on any atom is 0.326 e. The molecule has 0 aliphatic carbocycles. The van der Waals surface area contributed by atoms with E-state index in [9.17, 15) is 19.5 Å². The van der Waals surface area contributed by atoms with Gasteiger partial charge in [-0.2, -0.15) is 0 Å². The number of H-pyrrole nitrogens is 2. The lowest BCUT2D eigenvalue weighted by Crippen LogP contribution is -2.41. The first-order chi connectivity index (χ1) is 12.5. The highest BCUT2D eigenvalue weighted by atomic mass is 16.4. The molecule has 0 aliphatic heterocycles. The second kappa shape index (κ2) is 9.75. The first-order valence-electron chi connectivity index (χ1n) is 7.78. The molecule has 140 valence electrons. The first kappa shape index (κ1) is 18.9. The predicted octanol–water partition coefficient (Wildman–Crippen LogP) is -2.65. The van der Waals surface area contributed by atoms with Gasteiger partial charge in [-0.1, -0.05) is 0 Å². The van der Waals surface area contributed by atoms with Gasteiger partial charge in [0.15, 0.2) is 11.6 Å². The third-order valence-corrected chi connectivity index (χ3v) is 3.31. The van der Waals surface area contributed by atoms with Crippen LogP contribution in [0.1, 0.15) is 30.9 Å². The van der Waals surface area contributed by atoms with Crippen molar-refractivity contribution in [2.45, 2.75) is 38.1 Å². The predicted molar refractivity (Wildman–Crippen MR) is 82.2 cm³/mol. The van der Waals surface area contributed by atoms with Crippen molar-refractivity contribution in [3.05, 3.63) is 11.6 Å². The van der Waals surface area contributed by atoms with Gasteiger partial charge in [-0.15, -0.1) is 10.2 Å². The number of rotatable bonds is 11. The lowest BCUT2D eigenvalue weighted by molar-refractivity contribution is -0.142. The molecular formula is C12H18N10O4. The van der Waals surface area contributed by atoms with Gasteiger partial charge in [-0.05, 0) is 40.1 Å². The SMILES string of the molecule is O=C(Cc1nnn[nH]1)NCCCCC(NC(=O)Cc1nnn[nH]1)C(=O)O. The molecule has 0 aromatic carbocycles. The Morgan fingerprint density at radius 2 is 1.58 bits per heavy atom. The molecule has 14 nitrogen and oxygen atoms in total. The van der Waals surface area contributed by atoms with E-state index in [-0.39, 0.29) is 31.0 Å². The summed E-state index contributed by atoms with van der Waals surface area (Å²) < 4.78 is 0. The summed E-state index contributed by atoms with van der Waals surface area (Å²) in [6, 6.07) is -1.02. The Labute approximate surface area is 146 Å². The number of carboxylic acids is 1. The molecule has 5 N–H and O–H groups in total. The number of nitrogens with zero attached hydrogens (tertiary/aromatic N) is 6. The maximum atomic E-state index is 11.8. The minimum Gasteiger partial charge on any atom is -0.480 e. The van der Waals surface area contributed by atoms with Crippen LogP contribution in [0.4, 0.5) is 0 Å². The molecular weight excluding hydrogens is 348 g/mol. The molecule has 1 atom stereocenters. The molecule has 0 aliphatic rings. The molecule has 0 radical (unpaired) electrons. The highest BCUT2D eigenvalue weighted by Crippen LogP contribution is 2.02. The Balaban J connectivity index is 1.62. The van der Waals surface area contributed by atoms with E-state index < -0.39 is 17.9 Å². The quantitative estimate of drug-likeness (QED) is 0.261. The van der Waals surface area contributed by atoms with Crippen molar-refractivity contribution in [1.29, 1.82) is 0 Å². The van der Waals surface area contributed by atoms with Crippen molar-refractivity contribution in [2.24, 2.45) is 0 Å². The summed E-state index contributed by atoms with van der Waals surface area (Å²) in [7, 11) is 0. The molecule has 26 heavy (non-hydrogen) atoms. The number of aromatic amines is 2. The molecule has 0 spiro atoms. The summed E-state index contributed by atoms with van der Waals surface area (Å²) in [6.45, 7) is 0.379. The zero-order valence-electron chi connectivity index (χ0n) is 13.7. The fourth-order valence-electron chi connectivity index (χ4n) is 2.08. The third-order valence-electron chi connectivity index (χ3n) is 3.31. The number of aromatic nitrogens is 8. The van der Waals surface area contributed by atoms with Gasteiger partial charge in [0.25, 0.3) is 0 Å². The van der Waals surface area contributed by atoms with E-state index in [2.05, 4.69) is 51.9 Å². The number of hydrogen-bond donors (Lipinski definition) is 5. The van der Waals surface area contributed by atoms with Crippen LogP contribution in [-0.2, 0) is 27.2 Å². The average Bonchev–Trinajstić information content (AvgIpc) is 3.27. The fourth-order valence-corrected chi connectivity index (χ4v) is 2.08. The molecule has 2 heterocycles. The van der Waals surface area contributed by atoms with Crippen LogP contribution in [0.3, 0.4) is 0 Å². The molecule has 2 amide bonds. The van der Waals surface area contributed by atoms with E-state index in [1.165, 1.54) is 0 Å². The zero-order chi connectivity index (χ0) is 18.8. The highest BCUT2D eigenvalue weighted by molar-refractivity contribution is 5.84. The van der Waals surface area contributed by atoms with Gasteiger partial charge in [0.2, 0.25) is 11.8 Å². The van der Waals surface area contributed by atoms with E-state index in [1.54, 1.807) is 0 Å². The second-order valence-electron chi connectivity index (χ2n) is 5.35. The summed E-state index contributed by atoms with van der Waals surface area (Å²) in [5.41, 5.74) is 0. The van der Waals surface area contributed by atoms with Gasteiger partial charge in [-0.25, -0.2) is 15.0 Å². The minimum absolute atomic E-state index is 0.0390. The summed E-state index contributed by atoms with van der Waals surface area (Å²) >= 11 is 0. The normalized spacial score (nSPS) is 11.7. The largest absolute Gasteiger partial charge is 0.480 e. The molecule has 2 aromatic heterocycles. The van der Waals surface area contributed by atoms with E-state index in [0.29, 0.717) is 25.2 Å². The fraction of sp³-hybridized carbons (Fsp3) is 0.583. The van der Waals surface area contributed by atoms with Crippen LogP contribution >= 0.6 is 0 Å². The van der Waals surface area contributed by atoms with Crippen LogP contribution in [0.25, 0.3) is 0 Å². The van der Waals surface area contributed by atoms with Crippen LogP contribution < -0.4 is 10.6 Å². The number of hydrogen-bond acceptors (Lipinski definition) is 9. The van der Waals surface area contributed by atoms with Crippen LogP contribution in [0, 0.1) is 0 Å². The number of unbranched alkanes of at least 4 members (excludes halogenated alkanes) is 1. The molecule has 2 aromatic rings. The number of carbonyl (C=O) groups excluding carboxylic acids is 2. The Hall–Kier alpha value is -3.45. The topological polar surface area (TPSA) is 204 Å². The van der Waals surface area contributed by atoms with Gasteiger partial charge in [0.1, 0.15) is 6.04 Å². The minimum atomic E-state index is -1.13. The van der Waals surface area contributed by atoms with E-state index in [0.717, 1.165) is 0 Å².